The molecule has 29 heavy (non-hydrogen) atoms. The van der Waals surface area contributed by atoms with Crippen LogP contribution in [0, 0.1) is 0 Å². The van der Waals surface area contributed by atoms with Crippen LogP contribution in [-0.4, -0.2) is 35.1 Å². The van der Waals surface area contributed by atoms with Crippen molar-refractivity contribution in [2.24, 2.45) is 0 Å². The average Bonchev–Trinajstić information content (AvgIpc) is 3.01. The molecule has 156 valence electrons. The maximum absolute atomic E-state index is 12.9. The van der Waals surface area contributed by atoms with Gasteiger partial charge in [-0.3, -0.25) is 4.79 Å². The highest BCUT2D eigenvalue weighted by Gasteiger charge is 2.34. The maximum Gasteiger partial charge on any atom is 0.422 e. The average molecular weight is 428 g/mol. The minimum absolute atomic E-state index is 0.0498. The first-order valence-corrected chi connectivity index (χ1v) is 9.60. The summed E-state index contributed by atoms with van der Waals surface area (Å²) < 4.78 is 41.8. The Bertz CT molecular complexity index is 905. The lowest BCUT2D eigenvalue weighted by Gasteiger charge is -2.25. The van der Waals surface area contributed by atoms with Crippen LogP contribution in [0.3, 0.4) is 0 Å². The minimum atomic E-state index is -4.44. The van der Waals surface area contributed by atoms with E-state index in [0.717, 1.165) is 18.5 Å². The molecule has 1 amide bonds. The topological polar surface area (TPSA) is 54.5 Å². The van der Waals surface area contributed by atoms with Crippen LogP contribution in [-0.2, 0) is 6.54 Å². The number of ether oxygens (including phenoxy) is 1. The zero-order valence-electron chi connectivity index (χ0n) is 16.0. The van der Waals surface area contributed by atoms with Crippen LogP contribution in [0.15, 0.2) is 30.5 Å². The van der Waals surface area contributed by atoms with E-state index in [0.29, 0.717) is 23.5 Å². The summed E-state index contributed by atoms with van der Waals surface area (Å²) in [5.74, 6) is 0.524. The number of benzene rings is 1. The molecule has 1 aromatic heterocycles. The number of amides is 1. The lowest BCUT2D eigenvalue weighted by atomic mass is 10.1. The quantitative estimate of drug-likeness (QED) is 0.658. The molecular formula is C20H21ClF3N3O2. The zero-order valence-corrected chi connectivity index (χ0v) is 16.8. The van der Waals surface area contributed by atoms with Crippen LogP contribution in [0.25, 0.3) is 0 Å². The first kappa shape index (κ1) is 21.2. The molecule has 0 spiro atoms. The number of hydrogen-bond donors (Lipinski definition) is 1. The number of alkyl halides is 3. The number of halogens is 4. The monoisotopic (exact) mass is 427 g/mol. The van der Waals surface area contributed by atoms with Crippen molar-refractivity contribution in [1.82, 2.24) is 9.88 Å². The van der Waals surface area contributed by atoms with E-state index in [1.165, 1.54) is 12.1 Å². The maximum atomic E-state index is 12.9. The number of rotatable bonds is 7. The Morgan fingerprint density at radius 1 is 1.34 bits per heavy atom. The molecule has 2 aromatic rings. The van der Waals surface area contributed by atoms with E-state index in [1.807, 2.05) is 13.8 Å². The summed E-state index contributed by atoms with van der Waals surface area (Å²) >= 11 is 6.10. The lowest BCUT2D eigenvalue weighted by Crippen LogP contribution is -2.27. The van der Waals surface area contributed by atoms with Crippen molar-refractivity contribution < 1.29 is 22.7 Å². The van der Waals surface area contributed by atoms with Gasteiger partial charge in [-0.25, -0.2) is 4.98 Å². The summed E-state index contributed by atoms with van der Waals surface area (Å²) in [4.78, 5) is 18.9. The number of aromatic nitrogens is 1. The summed E-state index contributed by atoms with van der Waals surface area (Å²) in [5, 5.41) is 3.30. The molecule has 1 N–H and O–H groups in total. The van der Waals surface area contributed by atoms with Gasteiger partial charge in [0.25, 0.3) is 5.91 Å². The molecule has 0 saturated heterocycles. The summed E-state index contributed by atoms with van der Waals surface area (Å²) in [5.41, 5.74) is 2.14. The molecule has 0 saturated carbocycles. The van der Waals surface area contributed by atoms with E-state index >= 15 is 0 Å². The number of fused-ring (bicyclic) bond motifs is 1. The largest absolute Gasteiger partial charge is 0.483 e. The van der Waals surface area contributed by atoms with Crippen molar-refractivity contribution in [2.75, 3.05) is 18.5 Å². The molecule has 0 fully saturated rings. The normalized spacial score (nSPS) is 14.7. The number of anilines is 1. The molecule has 1 aliphatic rings. The van der Waals surface area contributed by atoms with E-state index in [2.05, 4.69) is 10.3 Å². The predicted molar refractivity (Wildman–Crippen MR) is 104 cm³/mol. The Morgan fingerprint density at radius 2 is 2.10 bits per heavy atom. The highest BCUT2D eigenvalue weighted by molar-refractivity contribution is 6.32. The molecule has 0 bridgehead atoms. The summed E-state index contributed by atoms with van der Waals surface area (Å²) in [6, 6.07) is 5.91. The van der Waals surface area contributed by atoms with Gasteiger partial charge in [0.15, 0.2) is 6.61 Å². The minimum Gasteiger partial charge on any atom is -0.483 e. The number of hydrogen-bond acceptors (Lipinski definition) is 4. The molecule has 0 radical (unpaired) electrons. The van der Waals surface area contributed by atoms with Crippen LogP contribution in [0.1, 0.15) is 47.8 Å². The zero-order chi connectivity index (χ0) is 21.2. The Morgan fingerprint density at radius 3 is 2.76 bits per heavy atom. The van der Waals surface area contributed by atoms with Gasteiger partial charge in [0.2, 0.25) is 0 Å². The van der Waals surface area contributed by atoms with Gasteiger partial charge in [-0.2, -0.15) is 13.2 Å². The van der Waals surface area contributed by atoms with E-state index in [-0.39, 0.29) is 22.7 Å². The molecule has 2 heterocycles. The fraction of sp³-hybridized carbons (Fsp3) is 0.400. The van der Waals surface area contributed by atoms with E-state index in [1.54, 1.807) is 23.2 Å². The molecule has 1 unspecified atom stereocenters. The van der Waals surface area contributed by atoms with E-state index in [4.69, 9.17) is 16.3 Å². The van der Waals surface area contributed by atoms with Crippen LogP contribution in [0.4, 0.5) is 19.0 Å². The Balaban J connectivity index is 1.78. The Hall–Kier alpha value is -2.48. The van der Waals surface area contributed by atoms with Gasteiger partial charge in [0.05, 0.1) is 17.6 Å². The smallest absolute Gasteiger partial charge is 0.422 e. The van der Waals surface area contributed by atoms with Crippen molar-refractivity contribution in [3.8, 4) is 5.75 Å². The molecule has 1 atom stereocenters. The van der Waals surface area contributed by atoms with Crippen LogP contribution >= 0.6 is 11.6 Å². The second-order valence-electron chi connectivity index (χ2n) is 6.82. The predicted octanol–water partition coefficient (Wildman–Crippen LogP) is 5.22. The summed E-state index contributed by atoms with van der Waals surface area (Å²) in [7, 11) is 0. The first-order valence-electron chi connectivity index (χ1n) is 9.23. The van der Waals surface area contributed by atoms with Gasteiger partial charge in [0.1, 0.15) is 11.6 Å². The van der Waals surface area contributed by atoms with Gasteiger partial charge >= 0.3 is 6.18 Å². The fourth-order valence-electron chi connectivity index (χ4n) is 3.19. The molecule has 1 aliphatic heterocycles. The molecule has 1 aromatic carbocycles. The number of nitrogens with one attached hydrogen (secondary N) is 1. The standard InChI is InChI=1S/C20H21ClF3N3O2/c1-3-7-25-18-15-10-27(19(28)14(15)6-8-26-18)12(2)13-4-5-17(16(21)9-13)29-11-20(22,23)24/h4-6,8-9,12H,3,7,10-11H2,1-2H3,(H,25,26). The van der Waals surface area contributed by atoms with Gasteiger partial charge in [-0.05, 0) is 37.1 Å². The first-order chi connectivity index (χ1) is 13.7. The third-order valence-electron chi connectivity index (χ3n) is 4.72. The molecule has 9 heteroatoms. The van der Waals surface area contributed by atoms with Crippen molar-refractivity contribution in [1.29, 1.82) is 0 Å². The third kappa shape index (κ3) is 4.75. The molecule has 5 nitrogen and oxygen atoms in total. The number of nitrogens with zero attached hydrogens (tertiary/aromatic N) is 2. The van der Waals surface area contributed by atoms with Gasteiger partial charge in [0, 0.05) is 23.9 Å². The van der Waals surface area contributed by atoms with Crippen LogP contribution in [0.5, 0.6) is 5.75 Å². The molecule has 3 rings (SSSR count). The Labute approximate surface area is 171 Å². The van der Waals surface area contributed by atoms with E-state index < -0.39 is 12.8 Å². The van der Waals surface area contributed by atoms with Crippen LogP contribution in [0.2, 0.25) is 5.02 Å². The number of carbonyl (C=O) groups excluding carboxylic acids is 1. The second kappa shape index (κ2) is 8.49. The fourth-order valence-corrected chi connectivity index (χ4v) is 3.44. The van der Waals surface area contributed by atoms with Crippen molar-refractivity contribution in [3.05, 3.63) is 52.2 Å². The SMILES string of the molecule is CCCNc1nccc2c1CN(C(C)c1ccc(OCC(F)(F)F)c(Cl)c1)C2=O. The summed E-state index contributed by atoms with van der Waals surface area (Å²) in [6.45, 7) is 3.61. The van der Waals surface area contributed by atoms with E-state index in [9.17, 15) is 18.0 Å². The van der Waals surface area contributed by atoms with Gasteiger partial charge in [-0.1, -0.05) is 24.6 Å². The van der Waals surface area contributed by atoms with Crippen molar-refractivity contribution in [3.63, 3.8) is 0 Å². The third-order valence-corrected chi connectivity index (χ3v) is 5.01. The van der Waals surface area contributed by atoms with Crippen molar-refractivity contribution in [2.45, 2.75) is 39.0 Å². The van der Waals surface area contributed by atoms with Gasteiger partial charge in [-0.15, -0.1) is 0 Å². The highest BCUT2D eigenvalue weighted by atomic mass is 35.5. The summed E-state index contributed by atoms with van der Waals surface area (Å²) in [6.07, 6.45) is -1.91. The number of carbonyl (C=O) groups is 1. The van der Waals surface area contributed by atoms with Gasteiger partial charge < -0.3 is 15.0 Å². The highest BCUT2D eigenvalue weighted by Crippen LogP contribution is 2.36. The van der Waals surface area contributed by atoms with Crippen molar-refractivity contribution >= 4 is 23.3 Å². The molecule has 0 aliphatic carbocycles. The Kier molecular flexibility index (Phi) is 6.21. The number of pyridine rings is 1. The lowest BCUT2D eigenvalue weighted by molar-refractivity contribution is -0.153. The second-order valence-corrected chi connectivity index (χ2v) is 7.22. The van der Waals surface area contributed by atoms with Crippen LogP contribution < -0.4 is 10.1 Å². The molecular weight excluding hydrogens is 407 g/mol.